The van der Waals surface area contributed by atoms with Gasteiger partial charge in [-0.1, -0.05) is 40.7 Å². The van der Waals surface area contributed by atoms with Crippen molar-refractivity contribution in [2.75, 3.05) is 0 Å². The van der Waals surface area contributed by atoms with E-state index in [0.717, 1.165) is 26.8 Å². The number of aromatic nitrogens is 1. The maximum Gasteiger partial charge on any atom is 0.101 e. The molecule has 1 aromatic heterocycles. The summed E-state index contributed by atoms with van der Waals surface area (Å²) >= 11 is 8.61. The first-order chi connectivity index (χ1) is 9.58. The lowest BCUT2D eigenvalue weighted by molar-refractivity contribution is 0.641. The fourth-order valence-electron chi connectivity index (χ4n) is 1.75. The highest BCUT2D eigenvalue weighted by atomic mass is 79.9. The van der Waals surface area contributed by atoms with Gasteiger partial charge in [0.05, 0.1) is 0 Å². The zero-order valence-electron chi connectivity index (χ0n) is 11.1. The number of halogens is 2. The number of pyridine rings is 1. The molecule has 0 aliphatic rings. The van der Waals surface area contributed by atoms with Crippen LogP contribution in [0.5, 0.6) is 0 Å². The van der Waals surface area contributed by atoms with Crippen LogP contribution < -0.4 is 5.73 Å². The van der Waals surface area contributed by atoms with Crippen LogP contribution in [0.1, 0.15) is 18.9 Å². The van der Waals surface area contributed by atoms with Crippen molar-refractivity contribution in [3.8, 4) is 0 Å². The van der Waals surface area contributed by atoms with E-state index < -0.39 is 0 Å². The van der Waals surface area contributed by atoms with Gasteiger partial charge in [-0.2, -0.15) is 0 Å². The highest BCUT2D eigenvalue weighted by Crippen LogP contribution is 2.32. The predicted molar refractivity (Wildman–Crippen MR) is 92.2 cm³/mol. The standard InChI is InChI=1S/C15H16Br2N2S/c1-2-13(18)7-10-3-4-11(16)8-14(10)20-15-6-5-12(17)9-19-15/h3-6,8-9,13H,2,7,18H2,1H3. The van der Waals surface area contributed by atoms with Crippen molar-refractivity contribution in [2.45, 2.75) is 35.7 Å². The van der Waals surface area contributed by atoms with Crippen LogP contribution in [-0.4, -0.2) is 11.0 Å². The molecule has 2 rings (SSSR count). The minimum absolute atomic E-state index is 0.202. The number of hydrogen-bond donors (Lipinski definition) is 1. The van der Waals surface area contributed by atoms with Gasteiger partial charge >= 0.3 is 0 Å². The molecular formula is C15H16Br2N2S. The van der Waals surface area contributed by atoms with Crippen LogP contribution in [0, 0.1) is 0 Å². The molecule has 0 fully saturated rings. The van der Waals surface area contributed by atoms with E-state index in [1.165, 1.54) is 10.5 Å². The molecule has 2 N–H and O–H groups in total. The van der Waals surface area contributed by atoms with E-state index in [1.54, 1.807) is 11.8 Å². The van der Waals surface area contributed by atoms with Crippen LogP contribution in [0.3, 0.4) is 0 Å². The molecule has 1 heterocycles. The molecule has 2 aromatic rings. The van der Waals surface area contributed by atoms with E-state index in [0.29, 0.717) is 0 Å². The molecule has 1 aromatic carbocycles. The Morgan fingerprint density at radius 1 is 1.20 bits per heavy atom. The second-order valence-electron chi connectivity index (χ2n) is 4.54. The van der Waals surface area contributed by atoms with Gasteiger partial charge in [-0.05, 0) is 58.6 Å². The Balaban J connectivity index is 2.24. The summed E-state index contributed by atoms with van der Waals surface area (Å²) in [5.74, 6) is 0. The third kappa shape index (κ3) is 4.58. The lowest BCUT2D eigenvalue weighted by Gasteiger charge is -2.13. The van der Waals surface area contributed by atoms with Gasteiger partial charge in [-0.15, -0.1) is 0 Å². The molecule has 0 aliphatic heterocycles. The van der Waals surface area contributed by atoms with Gasteiger partial charge in [0.15, 0.2) is 0 Å². The summed E-state index contributed by atoms with van der Waals surface area (Å²) in [6, 6.07) is 10.6. The monoisotopic (exact) mass is 414 g/mol. The van der Waals surface area contributed by atoms with Crippen molar-refractivity contribution < 1.29 is 0 Å². The minimum atomic E-state index is 0.202. The van der Waals surface area contributed by atoms with E-state index in [9.17, 15) is 0 Å². The van der Waals surface area contributed by atoms with E-state index in [1.807, 2.05) is 18.3 Å². The highest BCUT2D eigenvalue weighted by Gasteiger charge is 2.09. The average molecular weight is 416 g/mol. The largest absolute Gasteiger partial charge is 0.327 e. The smallest absolute Gasteiger partial charge is 0.101 e. The van der Waals surface area contributed by atoms with E-state index in [4.69, 9.17) is 5.73 Å². The minimum Gasteiger partial charge on any atom is -0.327 e. The van der Waals surface area contributed by atoms with Gasteiger partial charge < -0.3 is 5.73 Å². The number of benzene rings is 1. The van der Waals surface area contributed by atoms with Crippen LogP contribution in [0.2, 0.25) is 0 Å². The normalized spacial score (nSPS) is 12.4. The molecule has 0 spiro atoms. The predicted octanol–water partition coefficient (Wildman–Crippen LogP) is 5.04. The van der Waals surface area contributed by atoms with Crippen molar-refractivity contribution in [3.05, 3.63) is 51.0 Å². The summed E-state index contributed by atoms with van der Waals surface area (Å²) in [6.45, 7) is 2.12. The lowest BCUT2D eigenvalue weighted by atomic mass is 10.1. The Morgan fingerprint density at radius 3 is 2.60 bits per heavy atom. The van der Waals surface area contributed by atoms with E-state index >= 15 is 0 Å². The Labute approximate surface area is 140 Å². The molecule has 0 saturated carbocycles. The molecule has 20 heavy (non-hydrogen) atoms. The summed E-state index contributed by atoms with van der Waals surface area (Å²) in [6.07, 6.45) is 3.69. The third-order valence-electron chi connectivity index (χ3n) is 2.95. The molecule has 1 atom stereocenters. The van der Waals surface area contributed by atoms with E-state index in [2.05, 4.69) is 62.0 Å². The molecule has 1 unspecified atom stereocenters. The lowest BCUT2D eigenvalue weighted by Crippen LogP contribution is -2.21. The second kappa shape index (κ2) is 7.59. The molecule has 0 aliphatic carbocycles. The molecule has 2 nitrogen and oxygen atoms in total. The van der Waals surface area contributed by atoms with Crippen molar-refractivity contribution in [1.82, 2.24) is 4.98 Å². The van der Waals surface area contributed by atoms with Crippen LogP contribution in [0.15, 0.2) is 55.4 Å². The van der Waals surface area contributed by atoms with Crippen molar-refractivity contribution in [1.29, 1.82) is 0 Å². The Bertz CT molecular complexity index is 573. The number of hydrogen-bond acceptors (Lipinski definition) is 3. The fraction of sp³-hybridized carbons (Fsp3) is 0.267. The summed E-state index contributed by atoms with van der Waals surface area (Å²) < 4.78 is 2.07. The first kappa shape index (κ1) is 16.0. The summed E-state index contributed by atoms with van der Waals surface area (Å²) in [4.78, 5) is 5.62. The van der Waals surface area contributed by atoms with Crippen molar-refractivity contribution >= 4 is 43.6 Å². The zero-order valence-corrected chi connectivity index (χ0v) is 15.1. The number of nitrogens with zero attached hydrogens (tertiary/aromatic N) is 1. The fourth-order valence-corrected chi connectivity index (χ4v) is 3.44. The van der Waals surface area contributed by atoms with Gasteiger partial charge in [0.25, 0.3) is 0 Å². The van der Waals surface area contributed by atoms with Crippen molar-refractivity contribution in [2.24, 2.45) is 5.73 Å². The van der Waals surface area contributed by atoms with Crippen LogP contribution in [0.25, 0.3) is 0 Å². The molecule has 0 radical (unpaired) electrons. The number of nitrogens with two attached hydrogens (primary N) is 1. The summed E-state index contributed by atoms with van der Waals surface area (Å²) in [5.41, 5.74) is 7.36. The average Bonchev–Trinajstić information content (AvgIpc) is 2.44. The first-order valence-corrected chi connectivity index (χ1v) is 8.82. The molecule has 0 saturated heterocycles. The Morgan fingerprint density at radius 2 is 1.95 bits per heavy atom. The molecule has 0 amide bonds. The molecular weight excluding hydrogens is 400 g/mol. The molecule has 0 bridgehead atoms. The highest BCUT2D eigenvalue weighted by molar-refractivity contribution is 9.10. The van der Waals surface area contributed by atoms with Gasteiger partial charge in [0.1, 0.15) is 5.03 Å². The SMILES string of the molecule is CCC(N)Cc1ccc(Br)cc1Sc1ccc(Br)cn1. The van der Waals surface area contributed by atoms with Gasteiger partial charge in [0, 0.05) is 26.1 Å². The topological polar surface area (TPSA) is 38.9 Å². The zero-order chi connectivity index (χ0) is 14.5. The van der Waals surface area contributed by atoms with E-state index in [-0.39, 0.29) is 6.04 Å². The molecule has 106 valence electrons. The summed E-state index contributed by atoms with van der Waals surface area (Å²) in [7, 11) is 0. The quantitative estimate of drug-likeness (QED) is 0.743. The molecule has 5 heteroatoms. The first-order valence-electron chi connectivity index (χ1n) is 6.42. The van der Waals surface area contributed by atoms with Gasteiger partial charge in [0.2, 0.25) is 0 Å². The number of rotatable bonds is 5. The Kier molecular flexibility index (Phi) is 6.08. The maximum atomic E-state index is 6.08. The maximum absolute atomic E-state index is 6.08. The van der Waals surface area contributed by atoms with Gasteiger partial charge in [-0.3, -0.25) is 0 Å². The second-order valence-corrected chi connectivity index (χ2v) is 7.43. The van der Waals surface area contributed by atoms with Crippen LogP contribution in [0.4, 0.5) is 0 Å². The van der Waals surface area contributed by atoms with Crippen LogP contribution >= 0.6 is 43.6 Å². The Hall–Kier alpha value is -0.360. The third-order valence-corrected chi connectivity index (χ3v) is 4.96. The van der Waals surface area contributed by atoms with Crippen LogP contribution in [-0.2, 0) is 6.42 Å². The summed E-state index contributed by atoms with van der Waals surface area (Å²) in [5, 5.41) is 0.984. The van der Waals surface area contributed by atoms with Crippen molar-refractivity contribution in [3.63, 3.8) is 0 Å². The van der Waals surface area contributed by atoms with Gasteiger partial charge in [-0.25, -0.2) is 4.98 Å².